The van der Waals surface area contributed by atoms with Gasteiger partial charge in [-0.05, 0) is 37.5 Å². The van der Waals surface area contributed by atoms with E-state index in [-0.39, 0.29) is 5.56 Å². The van der Waals surface area contributed by atoms with Crippen molar-refractivity contribution in [1.82, 2.24) is 5.32 Å². The lowest BCUT2D eigenvalue weighted by molar-refractivity contribution is -0.142. The first kappa shape index (κ1) is 13.5. The second-order valence-corrected chi connectivity index (χ2v) is 4.94. The number of carboxylic acid groups (broad SMARTS) is 1. The van der Waals surface area contributed by atoms with Crippen LogP contribution in [0, 0.1) is 18.7 Å². The summed E-state index contributed by atoms with van der Waals surface area (Å²) in [5.41, 5.74) is 0.694. The monoisotopic (exact) mass is 265 g/mol. The number of carbonyl (C=O) groups is 2. The molecular formula is C14H16FNO3. The summed E-state index contributed by atoms with van der Waals surface area (Å²) < 4.78 is 13.7. The Balaban J connectivity index is 2.10. The maximum absolute atomic E-state index is 13.7. The van der Waals surface area contributed by atoms with Gasteiger partial charge in [-0.2, -0.15) is 0 Å². The molecule has 0 saturated heterocycles. The largest absolute Gasteiger partial charge is 0.481 e. The summed E-state index contributed by atoms with van der Waals surface area (Å²) in [5.74, 6) is -2.61. The summed E-state index contributed by atoms with van der Waals surface area (Å²) in [6, 6.07) is 3.95. The lowest BCUT2D eigenvalue weighted by atomic mass is 10.0. The topological polar surface area (TPSA) is 66.4 Å². The SMILES string of the molecule is Cc1ccc(C(=O)NC2CCCC2C(=O)O)c(F)c1. The Hall–Kier alpha value is -1.91. The molecule has 2 atom stereocenters. The third-order valence-corrected chi connectivity index (χ3v) is 3.52. The maximum atomic E-state index is 13.7. The first-order valence-corrected chi connectivity index (χ1v) is 6.29. The zero-order valence-corrected chi connectivity index (χ0v) is 10.6. The molecule has 1 aliphatic carbocycles. The first-order chi connectivity index (χ1) is 8.99. The summed E-state index contributed by atoms with van der Waals surface area (Å²) >= 11 is 0. The van der Waals surface area contributed by atoms with Crippen LogP contribution in [0.4, 0.5) is 4.39 Å². The average Bonchev–Trinajstić information content (AvgIpc) is 2.76. The molecule has 2 unspecified atom stereocenters. The molecule has 4 nitrogen and oxygen atoms in total. The molecule has 5 heteroatoms. The van der Waals surface area contributed by atoms with Crippen LogP contribution in [0.15, 0.2) is 18.2 Å². The number of halogens is 1. The summed E-state index contributed by atoms with van der Waals surface area (Å²) in [6.07, 6.45) is 1.94. The summed E-state index contributed by atoms with van der Waals surface area (Å²) in [5, 5.41) is 11.7. The lowest BCUT2D eigenvalue weighted by Gasteiger charge is -2.17. The second-order valence-electron chi connectivity index (χ2n) is 4.94. The van der Waals surface area contributed by atoms with Crippen molar-refractivity contribution in [2.24, 2.45) is 5.92 Å². The van der Waals surface area contributed by atoms with Crippen LogP contribution in [0.3, 0.4) is 0 Å². The quantitative estimate of drug-likeness (QED) is 0.879. The number of amides is 1. The van der Waals surface area contributed by atoms with Crippen LogP contribution in [0.5, 0.6) is 0 Å². The van der Waals surface area contributed by atoms with E-state index in [1.807, 2.05) is 0 Å². The molecule has 0 aromatic heterocycles. The van der Waals surface area contributed by atoms with Gasteiger partial charge < -0.3 is 10.4 Å². The van der Waals surface area contributed by atoms with E-state index in [0.29, 0.717) is 12.8 Å². The summed E-state index contributed by atoms with van der Waals surface area (Å²) in [6.45, 7) is 1.74. The molecule has 102 valence electrons. The highest BCUT2D eigenvalue weighted by molar-refractivity contribution is 5.95. The number of carbonyl (C=O) groups excluding carboxylic acids is 1. The van der Waals surface area contributed by atoms with Gasteiger partial charge in [-0.15, -0.1) is 0 Å². The fourth-order valence-electron chi connectivity index (χ4n) is 2.48. The van der Waals surface area contributed by atoms with Gasteiger partial charge in [0, 0.05) is 6.04 Å². The molecular weight excluding hydrogens is 249 g/mol. The molecule has 0 radical (unpaired) electrons. The Kier molecular flexibility index (Phi) is 3.83. The van der Waals surface area contributed by atoms with Crippen molar-refractivity contribution >= 4 is 11.9 Å². The number of aryl methyl sites for hydroxylation is 1. The number of carboxylic acids is 1. The highest BCUT2D eigenvalue weighted by Crippen LogP contribution is 2.26. The number of aliphatic carboxylic acids is 1. The van der Waals surface area contributed by atoms with E-state index in [4.69, 9.17) is 5.11 Å². The molecule has 1 fully saturated rings. The van der Waals surface area contributed by atoms with E-state index in [0.717, 1.165) is 12.0 Å². The fraction of sp³-hybridized carbons (Fsp3) is 0.429. The third kappa shape index (κ3) is 2.92. The van der Waals surface area contributed by atoms with Crippen LogP contribution >= 0.6 is 0 Å². The number of hydrogen-bond acceptors (Lipinski definition) is 2. The average molecular weight is 265 g/mol. The molecule has 0 bridgehead atoms. The smallest absolute Gasteiger partial charge is 0.308 e. The van der Waals surface area contributed by atoms with Crippen LogP contribution < -0.4 is 5.32 Å². The van der Waals surface area contributed by atoms with Gasteiger partial charge >= 0.3 is 5.97 Å². The molecule has 1 aromatic rings. The van der Waals surface area contributed by atoms with Gasteiger partial charge in [0.2, 0.25) is 0 Å². The molecule has 1 aromatic carbocycles. The third-order valence-electron chi connectivity index (χ3n) is 3.52. The first-order valence-electron chi connectivity index (χ1n) is 6.29. The number of hydrogen-bond donors (Lipinski definition) is 2. The van der Waals surface area contributed by atoms with E-state index in [2.05, 4.69) is 5.32 Å². The molecule has 1 saturated carbocycles. The van der Waals surface area contributed by atoms with E-state index in [1.54, 1.807) is 13.0 Å². The van der Waals surface area contributed by atoms with Crippen molar-refractivity contribution in [3.05, 3.63) is 35.1 Å². The number of nitrogens with one attached hydrogen (secondary N) is 1. The minimum atomic E-state index is -0.910. The minimum Gasteiger partial charge on any atom is -0.481 e. The van der Waals surface area contributed by atoms with Crippen LogP contribution in [-0.4, -0.2) is 23.0 Å². The van der Waals surface area contributed by atoms with Crippen molar-refractivity contribution in [2.45, 2.75) is 32.2 Å². The zero-order valence-electron chi connectivity index (χ0n) is 10.6. The highest BCUT2D eigenvalue weighted by Gasteiger charge is 2.34. The van der Waals surface area contributed by atoms with Crippen molar-refractivity contribution < 1.29 is 19.1 Å². The maximum Gasteiger partial charge on any atom is 0.308 e. The molecule has 2 rings (SSSR count). The summed E-state index contributed by atoms with van der Waals surface area (Å²) in [4.78, 5) is 23.0. The van der Waals surface area contributed by atoms with Crippen molar-refractivity contribution in [2.75, 3.05) is 0 Å². The normalized spacial score (nSPS) is 22.2. The van der Waals surface area contributed by atoms with Crippen molar-refractivity contribution in [3.8, 4) is 0 Å². The van der Waals surface area contributed by atoms with Gasteiger partial charge in [0.15, 0.2) is 0 Å². The van der Waals surface area contributed by atoms with Crippen LogP contribution in [0.2, 0.25) is 0 Å². The zero-order chi connectivity index (χ0) is 14.0. The molecule has 19 heavy (non-hydrogen) atoms. The van der Waals surface area contributed by atoms with Crippen LogP contribution in [0.1, 0.15) is 35.2 Å². The molecule has 0 spiro atoms. The molecule has 2 N–H and O–H groups in total. The van der Waals surface area contributed by atoms with Gasteiger partial charge in [-0.25, -0.2) is 4.39 Å². The Morgan fingerprint density at radius 1 is 1.37 bits per heavy atom. The lowest BCUT2D eigenvalue weighted by Crippen LogP contribution is -2.40. The van der Waals surface area contributed by atoms with E-state index in [9.17, 15) is 14.0 Å². The molecule has 1 amide bonds. The van der Waals surface area contributed by atoms with Gasteiger partial charge in [0.05, 0.1) is 11.5 Å². The van der Waals surface area contributed by atoms with E-state index < -0.39 is 29.7 Å². The Labute approximate surface area is 110 Å². The van der Waals surface area contributed by atoms with Gasteiger partial charge in [-0.1, -0.05) is 12.5 Å². The molecule has 0 aliphatic heterocycles. The van der Waals surface area contributed by atoms with Gasteiger partial charge in [-0.3, -0.25) is 9.59 Å². The van der Waals surface area contributed by atoms with Crippen molar-refractivity contribution in [3.63, 3.8) is 0 Å². The van der Waals surface area contributed by atoms with Crippen LogP contribution in [0.25, 0.3) is 0 Å². The van der Waals surface area contributed by atoms with Crippen LogP contribution in [-0.2, 0) is 4.79 Å². The Bertz CT molecular complexity index is 515. The Morgan fingerprint density at radius 2 is 2.11 bits per heavy atom. The standard InChI is InChI=1S/C14H16FNO3/c1-8-5-6-9(11(15)7-8)13(17)16-12-4-2-3-10(12)14(18)19/h5-7,10,12H,2-4H2,1H3,(H,16,17)(H,18,19). The van der Waals surface area contributed by atoms with Gasteiger partial charge in [0.25, 0.3) is 5.91 Å². The number of rotatable bonds is 3. The predicted molar refractivity (Wildman–Crippen MR) is 67.4 cm³/mol. The predicted octanol–water partition coefficient (Wildman–Crippen LogP) is 2.12. The number of benzene rings is 1. The highest BCUT2D eigenvalue weighted by atomic mass is 19.1. The van der Waals surface area contributed by atoms with E-state index >= 15 is 0 Å². The van der Waals surface area contributed by atoms with Crippen molar-refractivity contribution in [1.29, 1.82) is 0 Å². The molecule has 1 aliphatic rings. The van der Waals surface area contributed by atoms with Gasteiger partial charge in [0.1, 0.15) is 5.82 Å². The Morgan fingerprint density at radius 3 is 2.74 bits per heavy atom. The second kappa shape index (κ2) is 5.38. The summed E-state index contributed by atoms with van der Waals surface area (Å²) in [7, 11) is 0. The molecule has 0 heterocycles. The fourth-order valence-corrected chi connectivity index (χ4v) is 2.48. The minimum absolute atomic E-state index is 0.0401. The van der Waals surface area contributed by atoms with E-state index in [1.165, 1.54) is 12.1 Å².